The van der Waals surface area contributed by atoms with Crippen LogP contribution < -0.4 is 10.7 Å². The summed E-state index contributed by atoms with van der Waals surface area (Å²) in [6, 6.07) is 6.06. The Bertz CT molecular complexity index is 1130. The Morgan fingerprint density at radius 1 is 1.31 bits per heavy atom. The smallest absolute Gasteiger partial charge is 0.287 e. The van der Waals surface area contributed by atoms with E-state index in [-0.39, 0.29) is 11.6 Å². The fourth-order valence-electron chi connectivity index (χ4n) is 3.75. The van der Waals surface area contributed by atoms with E-state index in [2.05, 4.69) is 20.8 Å². The number of carbonyl (C=O) groups is 1. The van der Waals surface area contributed by atoms with Crippen LogP contribution >= 0.6 is 0 Å². The normalized spacial score (nSPS) is 14.2. The predicted octanol–water partition coefficient (Wildman–Crippen LogP) is 3.67. The van der Waals surface area contributed by atoms with Crippen LogP contribution in [0, 0.1) is 17.0 Å². The van der Waals surface area contributed by atoms with Crippen LogP contribution in [-0.4, -0.2) is 32.6 Å². The lowest BCUT2D eigenvalue weighted by Crippen LogP contribution is -2.25. The lowest BCUT2D eigenvalue weighted by atomic mass is 9.93. The molecule has 1 aromatic carbocycles. The van der Waals surface area contributed by atoms with Gasteiger partial charge in [0.05, 0.1) is 22.6 Å². The summed E-state index contributed by atoms with van der Waals surface area (Å²) in [5, 5.41) is 18.2. The van der Waals surface area contributed by atoms with Crippen molar-refractivity contribution in [3.63, 3.8) is 0 Å². The quantitative estimate of drug-likeness (QED) is 0.315. The number of imidazole rings is 1. The number of hydrazone groups is 1. The van der Waals surface area contributed by atoms with E-state index in [0.717, 1.165) is 54.8 Å². The summed E-state index contributed by atoms with van der Waals surface area (Å²) < 4.78 is 7.88. The Kier molecular flexibility index (Phi) is 6.29. The van der Waals surface area contributed by atoms with Gasteiger partial charge in [-0.3, -0.25) is 20.3 Å². The molecule has 0 saturated heterocycles. The molecule has 10 nitrogen and oxygen atoms in total. The summed E-state index contributed by atoms with van der Waals surface area (Å²) in [5.74, 6) is 0.856. The number of nitro groups is 1. The highest BCUT2D eigenvalue weighted by atomic mass is 16.6. The Labute approximate surface area is 184 Å². The van der Waals surface area contributed by atoms with Crippen molar-refractivity contribution in [2.45, 2.75) is 39.2 Å². The summed E-state index contributed by atoms with van der Waals surface area (Å²) in [6.07, 6.45) is 8.52. The number of anilines is 1. The Hall–Kier alpha value is -3.95. The zero-order valence-corrected chi connectivity index (χ0v) is 17.7. The van der Waals surface area contributed by atoms with Gasteiger partial charge < -0.3 is 14.3 Å². The summed E-state index contributed by atoms with van der Waals surface area (Å²) in [5.41, 5.74) is 6.08. The number of benzene rings is 1. The van der Waals surface area contributed by atoms with Crippen LogP contribution in [-0.2, 0) is 13.0 Å². The number of aromatic nitrogens is 2. The number of nitrogens with zero attached hydrogens (tertiary/aromatic N) is 4. The number of nitro benzene ring substituents is 1. The Morgan fingerprint density at radius 3 is 2.84 bits per heavy atom. The zero-order valence-electron chi connectivity index (χ0n) is 17.7. The van der Waals surface area contributed by atoms with Crippen molar-refractivity contribution in [1.82, 2.24) is 14.9 Å². The summed E-state index contributed by atoms with van der Waals surface area (Å²) in [7, 11) is 0. The van der Waals surface area contributed by atoms with Gasteiger partial charge in [0.25, 0.3) is 11.6 Å². The van der Waals surface area contributed by atoms with E-state index in [9.17, 15) is 14.9 Å². The first-order valence-corrected chi connectivity index (χ1v) is 10.5. The molecule has 166 valence electrons. The average Bonchev–Trinajstić information content (AvgIpc) is 3.43. The van der Waals surface area contributed by atoms with E-state index in [1.165, 1.54) is 12.1 Å². The van der Waals surface area contributed by atoms with E-state index in [0.29, 0.717) is 18.0 Å². The molecular formula is C22H24N6O4. The first-order chi connectivity index (χ1) is 15.5. The molecule has 0 bridgehead atoms. The van der Waals surface area contributed by atoms with Crippen molar-refractivity contribution in [1.29, 1.82) is 0 Å². The molecule has 2 heterocycles. The number of nitrogens with one attached hydrogen (secondary N) is 2. The fraction of sp³-hybridized carbons (Fsp3) is 0.318. The van der Waals surface area contributed by atoms with E-state index in [1.807, 2.05) is 17.7 Å². The van der Waals surface area contributed by atoms with Crippen LogP contribution in [0.25, 0.3) is 0 Å². The molecule has 0 aliphatic heterocycles. The van der Waals surface area contributed by atoms with E-state index in [1.54, 1.807) is 24.7 Å². The van der Waals surface area contributed by atoms with Crippen molar-refractivity contribution in [2.24, 2.45) is 5.10 Å². The number of furan rings is 1. The van der Waals surface area contributed by atoms with Crippen LogP contribution in [0.15, 0.2) is 52.5 Å². The van der Waals surface area contributed by atoms with Gasteiger partial charge in [-0.1, -0.05) is 0 Å². The minimum atomic E-state index is -0.442. The van der Waals surface area contributed by atoms with Gasteiger partial charge in [0.2, 0.25) is 0 Å². The van der Waals surface area contributed by atoms with Gasteiger partial charge in [0, 0.05) is 55.2 Å². The highest BCUT2D eigenvalue weighted by molar-refractivity contribution is 6.06. The SMILES string of the molecule is Cc1c(C(=O)NCCCn2ccnc2)oc2c1/C(=N/Nc1ccc([N+](=O)[O-])cc1)CCC2. The lowest BCUT2D eigenvalue weighted by molar-refractivity contribution is -0.384. The van der Waals surface area contributed by atoms with Crippen molar-refractivity contribution >= 4 is 23.0 Å². The first kappa shape index (κ1) is 21.3. The predicted molar refractivity (Wildman–Crippen MR) is 119 cm³/mol. The second kappa shape index (κ2) is 9.46. The molecule has 1 amide bonds. The summed E-state index contributed by atoms with van der Waals surface area (Å²) in [4.78, 5) is 27.0. The standard InChI is InChI=1S/C22H24N6O4/c1-15-20-18(26-25-16-6-8-17(9-7-16)28(30)31)4-2-5-19(20)32-21(15)22(29)24-10-3-12-27-13-11-23-14-27/h6-9,11,13-14,25H,2-5,10,12H2,1H3,(H,24,29)/b26-18+. The monoisotopic (exact) mass is 436 g/mol. The lowest BCUT2D eigenvalue weighted by Gasteiger charge is -2.13. The summed E-state index contributed by atoms with van der Waals surface area (Å²) >= 11 is 0. The van der Waals surface area contributed by atoms with Crippen molar-refractivity contribution in [3.8, 4) is 0 Å². The fourth-order valence-corrected chi connectivity index (χ4v) is 3.75. The van der Waals surface area contributed by atoms with Gasteiger partial charge in [-0.25, -0.2) is 4.98 Å². The molecule has 0 fully saturated rings. The zero-order chi connectivity index (χ0) is 22.5. The molecule has 0 unspecified atom stereocenters. The third-order valence-electron chi connectivity index (χ3n) is 5.37. The number of fused-ring (bicyclic) bond motifs is 1. The third kappa shape index (κ3) is 4.69. The maximum atomic E-state index is 12.7. The molecule has 0 radical (unpaired) electrons. The Morgan fingerprint density at radius 2 is 2.12 bits per heavy atom. The third-order valence-corrected chi connectivity index (χ3v) is 5.37. The van der Waals surface area contributed by atoms with E-state index < -0.39 is 4.92 Å². The Balaban J connectivity index is 1.42. The molecule has 32 heavy (non-hydrogen) atoms. The van der Waals surface area contributed by atoms with Gasteiger partial charge in [0.15, 0.2) is 5.76 Å². The average molecular weight is 436 g/mol. The maximum Gasteiger partial charge on any atom is 0.287 e. The van der Waals surface area contributed by atoms with Crippen molar-refractivity contribution in [3.05, 3.63) is 75.7 Å². The number of carbonyl (C=O) groups excluding carboxylic acids is 1. The molecule has 0 spiro atoms. The number of aryl methyl sites for hydroxylation is 2. The topological polar surface area (TPSA) is 128 Å². The molecule has 2 aromatic heterocycles. The molecule has 2 N–H and O–H groups in total. The summed E-state index contributed by atoms with van der Waals surface area (Å²) in [6.45, 7) is 3.18. The van der Waals surface area contributed by atoms with Crippen LogP contribution in [0.4, 0.5) is 11.4 Å². The molecule has 3 aromatic rings. The number of non-ortho nitro benzene ring substituents is 1. The van der Waals surface area contributed by atoms with Gasteiger partial charge in [0.1, 0.15) is 5.76 Å². The maximum absolute atomic E-state index is 12.7. The number of hydrogen-bond donors (Lipinski definition) is 2. The minimum Gasteiger partial charge on any atom is -0.455 e. The minimum absolute atomic E-state index is 0.0227. The molecule has 1 aliphatic carbocycles. The molecule has 0 atom stereocenters. The van der Waals surface area contributed by atoms with Gasteiger partial charge in [-0.15, -0.1) is 0 Å². The highest BCUT2D eigenvalue weighted by Crippen LogP contribution is 2.30. The van der Waals surface area contributed by atoms with Crippen molar-refractivity contribution in [2.75, 3.05) is 12.0 Å². The number of hydrogen-bond acceptors (Lipinski definition) is 7. The first-order valence-electron chi connectivity index (χ1n) is 10.5. The van der Waals surface area contributed by atoms with Crippen LogP contribution in [0.2, 0.25) is 0 Å². The van der Waals surface area contributed by atoms with Crippen LogP contribution in [0.3, 0.4) is 0 Å². The van der Waals surface area contributed by atoms with Gasteiger partial charge >= 0.3 is 0 Å². The van der Waals surface area contributed by atoms with Crippen molar-refractivity contribution < 1.29 is 14.1 Å². The number of amides is 1. The van der Waals surface area contributed by atoms with E-state index in [4.69, 9.17) is 4.42 Å². The second-order valence-corrected chi connectivity index (χ2v) is 7.59. The molecule has 4 rings (SSSR count). The second-order valence-electron chi connectivity index (χ2n) is 7.59. The van der Waals surface area contributed by atoms with Gasteiger partial charge in [-0.2, -0.15) is 5.10 Å². The largest absolute Gasteiger partial charge is 0.455 e. The molecule has 0 saturated carbocycles. The number of rotatable bonds is 8. The van der Waals surface area contributed by atoms with Crippen LogP contribution in [0.1, 0.15) is 46.7 Å². The molecular weight excluding hydrogens is 412 g/mol. The van der Waals surface area contributed by atoms with E-state index >= 15 is 0 Å². The molecule has 10 heteroatoms. The van der Waals surface area contributed by atoms with Gasteiger partial charge in [-0.05, 0) is 38.3 Å². The molecule has 1 aliphatic rings. The highest BCUT2D eigenvalue weighted by Gasteiger charge is 2.27. The van der Waals surface area contributed by atoms with Crippen LogP contribution in [0.5, 0.6) is 0 Å².